The Bertz CT molecular complexity index is 386. The third-order valence-electron chi connectivity index (χ3n) is 4.57. The fourth-order valence-electron chi connectivity index (χ4n) is 3.39. The van der Waals surface area contributed by atoms with Gasteiger partial charge in [-0.3, -0.25) is 4.90 Å². The average molecular weight is 258 g/mol. The fraction of sp³-hybridized carbons (Fsp3) is 0.647. The van der Waals surface area contributed by atoms with Gasteiger partial charge in [-0.15, -0.1) is 0 Å². The minimum Gasteiger partial charge on any atom is -0.311 e. The SMILES string of the molecule is CCCC1CN(Cc2ccccc2)C(C2CC2)CN1. The van der Waals surface area contributed by atoms with E-state index in [1.807, 2.05) is 0 Å². The molecule has 1 heterocycles. The van der Waals surface area contributed by atoms with Gasteiger partial charge in [-0.2, -0.15) is 0 Å². The number of piperazine rings is 1. The van der Waals surface area contributed by atoms with Crippen molar-refractivity contribution in [3.8, 4) is 0 Å². The molecule has 1 saturated heterocycles. The number of rotatable bonds is 5. The van der Waals surface area contributed by atoms with Gasteiger partial charge in [0.05, 0.1) is 0 Å². The highest BCUT2D eigenvalue weighted by Gasteiger charge is 2.38. The van der Waals surface area contributed by atoms with E-state index >= 15 is 0 Å². The molecule has 1 saturated carbocycles. The van der Waals surface area contributed by atoms with E-state index in [0.29, 0.717) is 6.04 Å². The molecule has 2 nitrogen and oxygen atoms in total. The quantitative estimate of drug-likeness (QED) is 0.873. The van der Waals surface area contributed by atoms with Crippen LogP contribution in [0.3, 0.4) is 0 Å². The predicted molar refractivity (Wildman–Crippen MR) is 80.1 cm³/mol. The third-order valence-corrected chi connectivity index (χ3v) is 4.57. The van der Waals surface area contributed by atoms with Crippen LogP contribution < -0.4 is 5.32 Å². The lowest BCUT2D eigenvalue weighted by atomic mass is 10.0. The van der Waals surface area contributed by atoms with Gasteiger partial charge < -0.3 is 5.32 Å². The third kappa shape index (κ3) is 3.37. The van der Waals surface area contributed by atoms with Gasteiger partial charge in [-0.05, 0) is 30.7 Å². The summed E-state index contributed by atoms with van der Waals surface area (Å²) in [6.07, 6.45) is 5.47. The van der Waals surface area contributed by atoms with Gasteiger partial charge in [0.2, 0.25) is 0 Å². The molecule has 1 aliphatic carbocycles. The molecule has 2 heteroatoms. The van der Waals surface area contributed by atoms with Crippen molar-refractivity contribution in [1.82, 2.24) is 10.2 Å². The standard InChI is InChI=1S/C17H26N2/c1-2-6-16-13-19(12-14-7-4-3-5-8-14)17(11-18-16)15-9-10-15/h3-5,7-8,15-18H,2,6,9-13H2,1H3. The van der Waals surface area contributed by atoms with Crippen LogP contribution >= 0.6 is 0 Å². The maximum atomic E-state index is 3.77. The lowest BCUT2D eigenvalue weighted by Crippen LogP contribution is -2.56. The summed E-state index contributed by atoms with van der Waals surface area (Å²) in [5.41, 5.74) is 1.46. The van der Waals surface area contributed by atoms with Gasteiger partial charge in [-0.1, -0.05) is 43.7 Å². The zero-order chi connectivity index (χ0) is 13.1. The van der Waals surface area contributed by atoms with Crippen molar-refractivity contribution in [3.63, 3.8) is 0 Å². The normalized spacial score (nSPS) is 28.5. The van der Waals surface area contributed by atoms with Crippen molar-refractivity contribution < 1.29 is 0 Å². The number of nitrogens with zero attached hydrogens (tertiary/aromatic N) is 1. The smallest absolute Gasteiger partial charge is 0.0253 e. The molecule has 3 rings (SSSR count). The first-order valence-electron chi connectivity index (χ1n) is 7.88. The Hall–Kier alpha value is -0.860. The minimum absolute atomic E-state index is 0.698. The van der Waals surface area contributed by atoms with E-state index in [1.54, 1.807) is 0 Å². The second-order valence-electron chi connectivity index (χ2n) is 6.21. The first-order chi connectivity index (χ1) is 9.36. The van der Waals surface area contributed by atoms with E-state index < -0.39 is 0 Å². The Morgan fingerprint density at radius 2 is 2.00 bits per heavy atom. The van der Waals surface area contributed by atoms with Crippen molar-refractivity contribution in [3.05, 3.63) is 35.9 Å². The maximum Gasteiger partial charge on any atom is 0.0253 e. The molecule has 0 bridgehead atoms. The molecule has 0 aromatic heterocycles. The van der Waals surface area contributed by atoms with Crippen LogP contribution in [0.1, 0.15) is 38.2 Å². The Kier molecular flexibility index (Phi) is 4.19. The van der Waals surface area contributed by atoms with E-state index in [4.69, 9.17) is 0 Å². The maximum absolute atomic E-state index is 3.77. The van der Waals surface area contributed by atoms with E-state index in [9.17, 15) is 0 Å². The summed E-state index contributed by atoms with van der Waals surface area (Å²) in [5.74, 6) is 0.957. The lowest BCUT2D eigenvalue weighted by Gasteiger charge is -2.41. The largest absolute Gasteiger partial charge is 0.311 e. The van der Waals surface area contributed by atoms with Gasteiger partial charge in [0, 0.05) is 31.7 Å². The van der Waals surface area contributed by atoms with Crippen molar-refractivity contribution in [2.24, 2.45) is 5.92 Å². The number of hydrogen-bond donors (Lipinski definition) is 1. The minimum atomic E-state index is 0.698. The van der Waals surface area contributed by atoms with Crippen molar-refractivity contribution in [2.45, 2.75) is 51.2 Å². The molecule has 2 fully saturated rings. The molecule has 104 valence electrons. The monoisotopic (exact) mass is 258 g/mol. The second-order valence-corrected chi connectivity index (χ2v) is 6.21. The van der Waals surface area contributed by atoms with Crippen molar-refractivity contribution in [2.75, 3.05) is 13.1 Å². The summed E-state index contributed by atoms with van der Waals surface area (Å²) in [6, 6.07) is 12.4. The highest BCUT2D eigenvalue weighted by atomic mass is 15.2. The molecule has 1 N–H and O–H groups in total. The van der Waals surface area contributed by atoms with Gasteiger partial charge in [0.1, 0.15) is 0 Å². The van der Waals surface area contributed by atoms with Crippen LogP contribution in [0, 0.1) is 5.92 Å². The Morgan fingerprint density at radius 3 is 2.68 bits per heavy atom. The topological polar surface area (TPSA) is 15.3 Å². The molecule has 0 spiro atoms. The summed E-state index contributed by atoms with van der Waals surface area (Å²) >= 11 is 0. The molecular weight excluding hydrogens is 232 g/mol. The first kappa shape index (κ1) is 13.1. The van der Waals surface area contributed by atoms with Crippen LogP contribution in [0.25, 0.3) is 0 Å². The highest BCUT2D eigenvalue weighted by molar-refractivity contribution is 5.15. The summed E-state index contributed by atoms with van der Waals surface area (Å²) in [7, 11) is 0. The first-order valence-corrected chi connectivity index (χ1v) is 7.88. The molecule has 1 aromatic rings. The zero-order valence-electron chi connectivity index (χ0n) is 12.0. The van der Waals surface area contributed by atoms with E-state index in [1.165, 1.54) is 44.3 Å². The van der Waals surface area contributed by atoms with Crippen LogP contribution in [0.15, 0.2) is 30.3 Å². The lowest BCUT2D eigenvalue weighted by molar-refractivity contribution is 0.104. The van der Waals surface area contributed by atoms with Crippen LogP contribution in [0.5, 0.6) is 0 Å². The van der Waals surface area contributed by atoms with Crippen LogP contribution in [-0.4, -0.2) is 30.1 Å². The van der Waals surface area contributed by atoms with E-state index in [2.05, 4.69) is 47.5 Å². The second kappa shape index (κ2) is 6.06. The molecule has 2 atom stereocenters. The molecule has 1 aliphatic heterocycles. The molecule has 0 radical (unpaired) electrons. The summed E-state index contributed by atoms with van der Waals surface area (Å²) in [6.45, 7) is 5.84. The summed E-state index contributed by atoms with van der Waals surface area (Å²) in [5, 5.41) is 3.77. The molecular formula is C17H26N2. The van der Waals surface area contributed by atoms with Gasteiger partial charge >= 0.3 is 0 Å². The van der Waals surface area contributed by atoms with E-state index in [0.717, 1.165) is 18.5 Å². The average Bonchev–Trinajstić information content (AvgIpc) is 3.25. The van der Waals surface area contributed by atoms with E-state index in [-0.39, 0.29) is 0 Å². The fourth-order valence-corrected chi connectivity index (χ4v) is 3.39. The number of nitrogens with one attached hydrogen (secondary N) is 1. The Labute approximate surface area is 117 Å². The van der Waals surface area contributed by atoms with Crippen LogP contribution in [0.2, 0.25) is 0 Å². The molecule has 2 unspecified atom stereocenters. The molecule has 1 aromatic carbocycles. The highest BCUT2D eigenvalue weighted by Crippen LogP contribution is 2.37. The molecule has 19 heavy (non-hydrogen) atoms. The van der Waals surface area contributed by atoms with Crippen LogP contribution in [0.4, 0.5) is 0 Å². The number of benzene rings is 1. The molecule has 2 aliphatic rings. The van der Waals surface area contributed by atoms with Gasteiger partial charge in [0.15, 0.2) is 0 Å². The van der Waals surface area contributed by atoms with Crippen LogP contribution in [-0.2, 0) is 6.54 Å². The van der Waals surface area contributed by atoms with Crippen molar-refractivity contribution >= 4 is 0 Å². The zero-order valence-corrected chi connectivity index (χ0v) is 12.0. The summed E-state index contributed by atoms with van der Waals surface area (Å²) in [4.78, 5) is 2.74. The van der Waals surface area contributed by atoms with Crippen molar-refractivity contribution in [1.29, 1.82) is 0 Å². The van der Waals surface area contributed by atoms with Gasteiger partial charge in [0.25, 0.3) is 0 Å². The predicted octanol–water partition coefficient (Wildman–Crippen LogP) is 3.04. The Balaban J connectivity index is 1.66. The Morgan fingerprint density at radius 1 is 1.21 bits per heavy atom. The summed E-state index contributed by atoms with van der Waals surface area (Å²) < 4.78 is 0. The van der Waals surface area contributed by atoms with Gasteiger partial charge in [-0.25, -0.2) is 0 Å². The number of hydrogen-bond acceptors (Lipinski definition) is 2. The molecule has 0 amide bonds.